The Balaban J connectivity index is 0.000000704. The van der Waals surface area contributed by atoms with Gasteiger partial charge in [0.1, 0.15) is 5.75 Å². The third-order valence-corrected chi connectivity index (χ3v) is 4.66. The second kappa shape index (κ2) is 6.27. The number of nitrogens with zero attached hydrogens (tertiary/aromatic N) is 1. The summed E-state index contributed by atoms with van der Waals surface area (Å²) in [5, 5.41) is 0. The van der Waals surface area contributed by atoms with Crippen molar-refractivity contribution in [3.8, 4) is 5.75 Å². The van der Waals surface area contributed by atoms with Gasteiger partial charge < -0.3 is 4.74 Å². The molecule has 1 saturated heterocycles. The van der Waals surface area contributed by atoms with E-state index in [4.69, 9.17) is 4.74 Å². The molecule has 20 heavy (non-hydrogen) atoms. The molecule has 1 heterocycles. The van der Waals surface area contributed by atoms with Gasteiger partial charge in [0.15, 0.2) is 5.78 Å². The SMILES string of the molecule is CBr.COc1cccc(C23CCC(C2=O)N(C)CC3)c1. The summed E-state index contributed by atoms with van der Waals surface area (Å²) in [6.45, 7) is 1.01. The Morgan fingerprint density at radius 2 is 2.10 bits per heavy atom. The van der Waals surface area contributed by atoms with E-state index in [0.717, 1.165) is 37.1 Å². The monoisotopic (exact) mass is 339 g/mol. The highest BCUT2D eigenvalue weighted by Gasteiger charge is 2.52. The van der Waals surface area contributed by atoms with Crippen LogP contribution in [0.15, 0.2) is 24.3 Å². The topological polar surface area (TPSA) is 29.5 Å². The molecule has 1 saturated carbocycles. The second-order valence-electron chi connectivity index (χ2n) is 5.46. The molecule has 1 aromatic carbocycles. The summed E-state index contributed by atoms with van der Waals surface area (Å²) in [5.41, 5.74) is 0.897. The number of benzene rings is 1. The number of Topliss-reactive ketones (excluding diaryl/α,β-unsaturated/α-hetero) is 1. The Morgan fingerprint density at radius 3 is 2.80 bits per heavy atom. The number of ether oxygens (including phenoxy) is 1. The van der Waals surface area contributed by atoms with Gasteiger partial charge >= 0.3 is 0 Å². The summed E-state index contributed by atoms with van der Waals surface area (Å²) in [7, 11) is 3.73. The molecule has 1 aliphatic heterocycles. The number of rotatable bonds is 2. The number of hydrogen-bond donors (Lipinski definition) is 0. The van der Waals surface area contributed by atoms with Gasteiger partial charge in [0, 0.05) is 0 Å². The fourth-order valence-electron chi connectivity index (χ4n) is 3.50. The van der Waals surface area contributed by atoms with Gasteiger partial charge in [-0.1, -0.05) is 28.1 Å². The number of fused-ring (bicyclic) bond motifs is 2. The lowest BCUT2D eigenvalue weighted by Crippen LogP contribution is -2.49. The van der Waals surface area contributed by atoms with Gasteiger partial charge in [-0.2, -0.15) is 0 Å². The van der Waals surface area contributed by atoms with Crippen LogP contribution in [0, 0.1) is 0 Å². The quantitative estimate of drug-likeness (QED) is 0.775. The number of likely N-dealkylation sites (tertiary alicyclic amines) is 1. The van der Waals surface area contributed by atoms with E-state index >= 15 is 0 Å². The first-order valence-electron chi connectivity index (χ1n) is 6.94. The minimum absolute atomic E-state index is 0.130. The first kappa shape index (κ1) is 15.5. The molecule has 3 nitrogen and oxygen atoms in total. The lowest BCUT2D eigenvalue weighted by Gasteiger charge is -2.37. The number of methoxy groups -OCH3 is 1. The lowest BCUT2D eigenvalue weighted by atomic mass is 9.73. The Hall–Kier alpha value is -0.870. The molecular weight excluding hydrogens is 318 g/mol. The molecule has 0 radical (unpaired) electrons. The molecule has 4 heteroatoms. The number of hydrogen-bond acceptors (Lipinski definition) is 3. The van der Waals surface area contributed by atoms with Gasteiger partial charge in [-0.25, -0.2) is 0 Å². The van der Waals surface area contributed by atoms with Crippen molar-refractivity contribution in [2.45, 2.75) is 30.7 Å². The maximum Gasteiger partial charge on any atom is 0.160 e. The molecule has 2 bridgehead atoms. The van der Waals surface area contributed by atoms with Gasteiger partial charge in [-0.3, -0.25) is 9.69 Å². The fourth-order valence-corrected chi connectivity index (χ4v) is 3.50. The molecule has 1 aliphatic carbocycles. The molecule has 1 aromatic rings. The average molecular weight is 340 g/mol. The highest BCUT2D eigenvalue weighted by atomic mass is 79.9. The summed E-state index contributed by atoms with van der Waals surface area (Å²) < 4.78 is 5.28. The minimum atomic E-state index is -0.244. The molecule has 3 rings (SSSR count). The Morgan fingerprint density at radius 1 is 1.35 bits per heavy atom. The molecule has 110 valence electrons. The number of piperidine rings is 1. The molecule has 2 fully saturated rings. The predicted octanol–water partition coefficient (Wildman–Crippen LogP) is 3.01. The van der Waals surface area contributed by atoms with Crippen molar-refractivity contribution in [3.05, 3.63) is 29.8 Å². The van der Waals surface area contributed by atoms with Gasteiger partial charge in [-0.15, -0.1) is 0 Å². The van der Waals surface area contributed by atoms with Gasteiger partial charge in [0.25, 0.3) is 0 Å². The normalized spacial score (nSPS) is 28.8. The summed E-state index contributed by atoms with van der Waals surface area (Å²) in [4.78, 5) is 14.8. The van der Waals surface area contributed by atoms with Gasteiger partial charge in [-0.05, 0) is 56.4 Å². The summed E-state index contributed by atoms with van der Waals surface area (Å²) in [6, 6.07) is 8.16. The van der Waals surface area contributed by atoms with Crippen LogP contribution in [0.2, 0.25) is 0 Å². The predicted molar refractivity (Wildman–Crippen MR) is 84.8 cm³/mol. The van der Waals surface area contributed by atoms with Crippen LogP contribution in [0.3, 0.4) is 0 Å². The smallest absolute Gasteiger partial charge is 0.160 e. The molecule has 2 atom stereocenters. The van der Waals surface area contributed by atoms with Crippen LogP contribution in [0.1, 0.15) is 24.8 Å². The van der Waals surface area contributed by atoms with E-state index < -0.39 is 0 Å². The van der Waals surface area contributed by atoms with Crippen molar-refractivity contribution in [2.75, 3.05) is 26.5 Å². The van der Waals surface area contributed by atoms with Crippen molar-refractivity contribution in [1.82, 2.24) is 4.90 Å². The summed E-state index contributed by atoms with van der Waals surface area (Å²) in [5.74, 6) is 3.06. The lowest BCUT2D eigenvalue weighted by molar-refractivity contribution is -0.129. The molecule has 2 unspecified atom stereocenters. The molecule has 0 amide bonds. The summed E-state index contributed by atoms with van der Waals surface area (Å²) >= 11 is 2.94. The van der Waals surface area contributed by atoms with Crippen LogP contribution in [0.5, 0.6) is 5.75 Å². The third kappa shape index (κ3) is 2.40. The maximum atomic E-state index is 12.6. The van der Waals surface area contributed by atoms with Gasteiger partial charge in [0.2, 0.25) is 0 Å². The standard InChI is InChI=1S/C15H19NO2.CH3Br/c1-16-9-8-15(7-6-13(16)14(15)17)11-4-3-5-12(10-11)18-2;1-2/h3-5,10,13H,6-9H2,1-2H3;1H3. The van der Waals surface area contributed by atoms with E-state index in [0.29, 0.717) is 5.78 Å². The van der Waals surface area contributed by atoms with E-state index in [2.05, 4.69) is 33.9 Å². The Bertz CT molecular complexity index is 491. The van der Waals surface area contributed by atoms with E-state index in [1.807, 2.05) is 24.0 Å². The number of ketones is 1. The highest BCUT2D eigenvalue weighted by Crippen LogP contribution is 2.46. The summed E-state index contributed by atoms with van der Waals surface area (Å²) in [6.07, 6.45) is 2.91. The Kier molecular flexibility index (Phi) is 4.86. The van der Waals surface area contributed by atoms with E-state index in [1.165, 1.54) is 0 Å². The molecular formula is C16H22BrNO2. The zero-order chi connectivity index (χ0) is 14.8. The first-order chi connectivity index (χ1) is 9.67. The zero-order valence-electron chi connectivity index (χ0n) is 12.4. The molecule has 0 spiro atoms. The zero-order valence-corrected chi connectivity index (χ0v) is 13.9. The average Bonchev–Trinajstić information content (AvgIpc) is 2.73. The second-order valence-corrected chi connectivity index (χ2v) is 5.46. The van der Waals surface area contributed by atoms with E-state index in [1.54, 1.807) is 7.11 Å². The number of halogens is 1. The fraction of sp³-hybridized carbons (Fsp3) is 0.562. The molecule has 0 N–H and O–H groups in total. The highest BCUT2D eigenvalue weighted by molar-refractivity contribution is 9.08. The third-order valence-electron chi connectivity index (χ3n) is 4.66. The van der Waals surface area contributed by atoms with Crippen molar-refractivity contribution in [3.63, 3.8) is 0 Å². The van der Waals surface area contributed by atoms with Crippen LogP contribution in [-0.2, 0) is 10.2 Å². The van der Waals surface area contributed by atoms with Crippen LogP contribution >= 0.6 is 15.9 Å². The van der Waals surface area contributed by atoms with Crippen molar-refractivity contribution >= 4 is 21.7 Å². The number of carbonyl (C=O) groups excluding carboxylic acids is 1. The minimum Gasteiger partial charge on any atom is -0.497 e. The molecule has 0 aromatic heterocycles. The number of alkyl halides is 1. The van der Waals surface area contributed by atoms with E-state index in [-0.39, 0.29) is 11.5 Å². The van der Waals surface area contributed by atoms with Crippen molar-refractivity contribution in [1.29, 1.82) is 0 Å². The number of likely N-dealkylation sites (N-methyl/N-ethyl adjacent to an activating group) is 1. The number of carbonyl (C=O) groups is 1. The van der Waals surface area contributed by atoms with E-state index in [9.17, 15) is 4.79 Å². The van der Waals surface area contributed by atoms with Crippen LogP contribution in [0.4, 0.5) is 0 Å². The van der Waals surface area contributed by atoms with Crippen molar-refractivity contribution < 1.29 is 9.53 Å². The van der Waals surface area contributed by atoms with Gasteiger partial charge in [0.05, 0.1) is 18.6 Å². The largest absolute Gasteiger partial charge is 0.497 e. The van der Waals surface area contributed by atoms with Crippen LogP contribution < -0.4 is 4.74 Å². The van der Waals surface area contributed by atoms with Crippen LogP contribution in [-0.4, -0.2) is 43.3 Å². The maximum absolute atomic E-state index is 12.6. The van der Waals surface area contributed by atoms with Crippen LogP contribution in [0.25, 0.3) is 0 Å². The molecule has 2 aliphatic rings. The Labute approximate surface area is 129 Å². The first-order valence-corrected chi connectivity index (χ1v) is 8.53. The van der Waals surface area contributed by atoms with Crippen molar-refractivity contribution in [2.24, 2.45) is 0 Å².